The molecule has 0 spiro atoms. The van der Waals surface area contributed by atoms with E-state index in [0.29, 0.717) is 5.56 Å². The molecule has 4 heteroatoms. The maximum atomic E-state index is 13.3. The van der Waals surface area contributed by atoms with Crippen LogP contribution in [0.3, 0.4) is 0 Å². The molecule has 0 aliphatic carbocycles. The lowest BCUT2D eigenvalue weighted by molar-refractivity contribution is 0.342. The Hall–Kier alpha value is -2.07. The molecule has 0 saturated heterocycles. The molecule has 0 amide bonds. The van der Waals surface area contributed by atoms with Crippen molar-refractivity contribution < 1.29 is 9.50 Å². The summed E-state index contributed by atoms with van der Waals surface area (Å²) in [6, 6.07) is 6.89. The largest absolute Gasteiger partial charge is 0.392 e. The zero-order valence-electron chi connectivity index (χ0n) is 9.05. The van der Waals surface area contributed by atoms with Crippen LogP contribution >= 0.6 is 0 Å². The first kappa shape index (κ1) is 11.4. The highest BCUT2D eigenvalue weighted by atomic mass is 19.1. The summed E-state index contributed by atoms with van der Waals surface area (Å²) in [7, 11) is 0. The van der Waals surface area contributed by atoms with Gasteiger partial charge in [-0.1, -0.05) is 24.3 Å². The number of benzene rings is 1. The van der Waals surface area contributed by atoms with Gasteiger partial charge in [-0.15, -0.1) is 0 Å². The predicted octanol–water partition coefficient (Wildman–Crippen LogP) is 2.45. The number of aliphatic hydroxyl groups is 1. The van der Waals surface area contributed by atoms with Crippen LogP contribution < -0.4 is 0 Å². The third kappa shape index (κ3) is 2.73. The van der Waals surface area contributed by atoms with Crippen molar-refractivity contribution in [3.05, 3.63) is 54.6 Å². The monoisotopic (exact) mass is 230 g/mol. The van der Waals surface area contributed by atoms with Crippen LogP contribution in [0.2, 0.25) is 0 Å². The average Bonchev–Trinajstić information content (AvgIpc) is 2.40. The molecule has 2 rings (SSSR count). The fourth-order valence-electron chi connectivity index (χ4n) is 1.47. The van der Waals surface area contributed by atoms with Crippen LogP contribution in [0.4, 0.5) is 4.39 Å². The molecule has 17 heavy (non-hydrogen) atoms. The molecule has 0 unspecified atom stereocenters. The van der Waals surface area contributed by atoms with Gasteiger partial charge >= 0.3 is 0 Å². The number of aliphatic hydroxyl groups excluding tert-OH is 1. The summed E-state index contributed by atoms with van der Waals surface area (Å²) < 4.78 is 13.3. The quantitative estimate of drug-likeness (QED) is 0.880. The summed E-state index contributed by atoms with van der Waals surface area (Å²) >= 11 is 0. The van der Waals surface area contributed by atoms with Crippen molar-refractivity contribution in [2.45, 2.75) is 0 Å². The molecule has 0 bridgehead atoms. The molecule has 1 aromatic carbocycles. The van der Waals surface area contributed by atoms with Gasteiger partial charge in [-0.2, -0.15) is 0 Å². The van der Waals surface area contributed by atoms with Crippen LogP contribution in [0.15, 0.2) is 49.1 Å². The van der Waals surface area contributed by atoms with Crippen LogP contribution in [0.1, 0.15) is 5.56 Å². The first-order chi connectivity index (χ1) is 8.31. The second kappa shape index (κ2) is 5.32. The Kier molecular flexibility index (Phi) is 3.57. The molecule has 0 aliphatic heterocycles. The molecule has 0 aliphatic rings. The summed E-state index contributed by atoms with van der Waals surface area (Å²) in [5.74, 6) is -0.427. The maximum absolute atomic E-state index is 13.3. The standard InChI is InChI=1S/C13H11FN2O/c14-13(5-6-17)11-3-1-10(2-4-11)12-7-15-9-16-8-12/h1-5,7-9,17H,6H2/b13-5+. The lowest BCUT2D eigenvalue weighted by Crippen LogP contribution is -1.84. The van der Waals surface area contributed by atoms with Crippen LogP contribution in [0.5, 0.6) is 0 Å². The number of halogens is 1. The molecule has 86 valence electrons. The Labute approximate surface area is 98.3 Å². The van der Waals surface area contributed by atoms with Crippen molar-refractivity contribution in [3.63, 3.8) is 0 Å². The Balaban J connectivity index is 2.28. The third-order valence-electron chi connectivity index (χ3n) is 2.33. The summed E-state index contributed by atoms with van der Waals surface area (Å²) in [4.78, 5) is 7.84. The van der Waals surface area contributed by atoms with Gasteiger partial charge in [0.25, 0.3) is 0 Å². The molecular weight excluding hydrogens is 219 g/mol. The minimum absolute atomic E-state index is 0.305. The number of aromatic nitrogens is 2. The van der Waals surface area contributed by atoms with Crippen LogP contribution in [-0.4, -0.2) is 21.7 Å². The first-order valence-electron chi connectivity index (χ1n) is 5.13. The second-order valence-electron chi connectivity index (χ2n) is 3.44. The van der Waals surface area contributed by atoms with Gasteiger partial charge in [0.1, 0.15) is 12.2 Å². The highest BCUT2D eigenvalue weighted by molar-refractivity contribution is 5.66. The average molecular weight is 230 g/mol. The van der Waals surface area contributed by atoms with Crippen molar-refractivity contribution in [2.75, 3.05) is 6.61 Å². The molecule has 3 nitrogen and oxygen atoms in total. The fraction of sp³-hybridized carbons (Fsp3) is 0.0769. The van der Waals surface area contributed by atoms with Crippen molar-refractivity contribution in [1.82, 2.24) is 9.97 Å². The number of hydrogen-bond acceptors (Lipinski definition) is 3. The zero-order valence-corrected chi connectivity index (χ0v) is 9.05. The third-order valence-corrected chi connectivity index (χ3v) is 2.33. The molecular formula is C13H11FN2O. The summed E-state index contributed by atoms with van der Waals surface area (Å²) in [5, 5.41) is 8.60. The van der Waals surface area contributed by atoms with E-state index in [1.54, 1.807) is 36.7 Å². The van der Waals surface area contributed by atoms with E-state index >= 15 is 0 Å². The zero-order chi connectivity index (χ0) is 12.1. The normalized spacial score (nSPS) is 11.5. The summed E-state index contributed by atoms with van der Waals surface area (Å²) in [6.07, 6.45) is 5.98. The molecule has 0 saturated carbocycles. The summed E-state index contributed by atoms with van der Waals surface area (Å²) in [5.41, 5.74) is 2.25. The Morgan fingerprint density at radius 3 is 2.35 bits per heavy atom. The number of hydrogen-bond donors (Lipinski definition) is 1. The van der Waals surface area contributed by atoms with Gasteiger partial charge < -0.3 is 5.11 Å². The highest BCUT2D eigenvalue weighted by Gasteiger charge is 2.01. The van der Waals surface area contributed by atoms with E-state index in [2.05, 4.69) is 9.97 Å². The molecule has 1 N–H and O–H groups in total. The van der Waals surface area contributed by atoms with Gasteiger partial charge in [0.15, 0.2) is 0 Å². The van der Waals surface area contributed by atoms with Gasteiger partial charge in [0.2, 0.25) is 0 Å². The number of nitrogens with zero attached hydrogens (tertiary/aromatic N) is 2. The van der Waals surface area contributed by atoms with Crippen LogP contribution in [-0.2, 0) is 0 Å². The van der Waals surface area contributed by atoms with Gasteiger partial charge in [-0.05, 0) is 11.6 Å². The smallest absolute Gasteiger partial charge is 0.128 e. The molecule has 0 fully saturated rings. The van der Waals surface area contributed by atoms with Crippen LogP contribution in [0, 0.1) is 0 Å². The second-order valence-corrected chi connectivity index (χ2v) is 3.44. The van der Waals surface area contributed by atoms with Crippen molar-refractivity contribution in [1.29, 1.82) is 0 Å². The minimum atomic E-state index is -0.427. The van der Waals surface area contributed by atoms with Gasteiger partial charge in [0, 0.05) is 23.5 Å². The van der Waals surface area contributed by atoms with E-state index in [1.807, 2.05) is 0 Å². The van der Waals surface area contributed by atoms with Gasteiger partial charge in [0.05, 0.1) is 6.61 Å². The Bertz CT molecular complexity index is 509. The predicted molar refractivity (Wildman–Crippen MR) is 63.6 cm³/mol. The van der Waals surface area contributed by atoms with Crippen LogP contribution in [0.25, 0.3) is 17.0 Å². The minimum Gasteiger partial charge on any atom is -0.392 e. The molecule has 2 aromatic rings. The van der Waals surface area contributed by atoms with E-state index in [-0.39, 0.29) is 6.61 Å². The molecule has 1 aromatic heterocycles. The van der Waals surface area contributed by atoms with Crippen molar-refractivity contribution >= 4 is 5.83 Å². The van der Waals surface area contributed by atoms with Crippen molar-refractivity contribution in [2.24, 2.45) is 0 Å². The fourth-order valence-corrected chi connectivity index (χ4v) is 1.47. The highest BCUT2D eigenvalue weighted by Crippen LogP contribution is 2.21. The van der Waals surface area contributed by atoms with E-state index in [0.717, 1.165) is 17.2 Å². The van der Waals surface area contributed by atoms with Gasteiger partial charge in [-0.3, -0.25) is 0 Å². The van der Waals surface area contributed by atoms with E-state index < -0.39 is 5.83 Å². The summed E-state index contributed by atoms with van der Waals surface area (Å²) in [6.45, 7) is -0.305. The topological polar surface area (TPSA) is 46.0 Å². The molecule has 1 heterocycles. The van der Waals surface area contributed by atoms with E-state index in [1.165, 1.54) is 6.33 Å². The number of rotatable bonds is 3. The lowest BCUT2D eigenvalue weighted by Gasteiger charge is -2.02. The SMILES string of the molecule is OC/C=C(/F)c1ccc(-c2cncnc2)cc1. The molecule has 0 radical (unpaired) electrons. The van der Waals surface area contributed by atoms with Gasteiger partial charge in [-0.25, -0.2) is 14.4 Å². The maximum Gasteiger partial charge on any atom is 0.128 e. The lowest BCUT2D eigenvalue weighted by atomic mass is 10.1. The Morgan fingerprint density at radius 2 is 1.76 bits per heavy atom. The van der Waals surface area contributed by atoms with E-state index in [9.17, 15) is 4.39 Å². The van der Waals surface area contributed by atoms with E-state index in [4.69, 9.17) is 5.11 Å². The Morgan fingerprint density at radius 1 is 1.12 bits per heavy atom. The first-order valence-corrected chi connectivity index (χ1v) is 5.13. The molecule has 0 atom stereocenters. The van der Waals surface area contributed by atoms with Crippen molar-refractivity contribution in [3.8, 4) is 11.1 Å².